The summed E-state index contributed by atoms with van der Waals surface area (Å²) in [6.45, 7) is 1.50. The molecule has 0 unspecified atom stereocenters. The number of phenols is 1. The first-order valence-corrected chi connectivity index (χ1v) is 9.57. The summed E-state index contributed by atoms with van der Waals surface area (Å²) in [4.78, 5) is 16.2. The monoisotopic (exact) mass is 386 g/mol. The number of aromatic nitrogens is 1. The Labute approximate surface area is 148 Å². The number of sulfonamides is 1. The molecule has 1 fully saturated rings. The largest absolute Gasteiger partial charge is 0.501 e. The Morgan fingerprint density at radius 2 is 1.96 bits per heavy atom. The zero-order valence-corrected chi connectivity index (χ0v) is 14.8. The number of nitro benzene ring substituents is 1. The summed E-state index contributed by atoms with van der Waals surface area (Å²) >= 11 is 6.22. The van der Waals surface area contributed by atoms with Crippen LogP contribution < -0.4 is 4.90 Å². The van der Waals surface area contributed by atoms with Gasteiger partial charge in [0, 0.05) is 49.5 Å². The summed E-state index contributed by atoms with van der Waals surface area (Å²) in [6, 6.07) is 2.78. The van der Waals surface area contributed by atoms with E-state index >= 15 is 0 Å². The molecule has 2 aromatic rings. The lowest BCUT2D eigenvalue weighted by molar-refractivity contribution is -0.385. The summed E-state index contributed by atoms with van der Waals surface area (Å²) in [5, 5.41) is 21.7. The minimum atomic E-state index is -3.25. The van der Waals surface area contributed by atoms with E-state index < -0.39 is 26.4 Å². The van der Waals surface area contributed by atoms with E-state index in [4.69, 9.17) is 11.6 Å². The standard InChI is InChI=1S/C14H15ClN4O5S/c1-25(23,24)18-6-4-17(5-7-18)10-2-3-16-13-12(10)9(15)8-11(14(13)20)19(21)22/h2-3,8,20H,4-7H2,1H3. The highest BCUT2D eigenvalue weighted by Crippen LogP contribution is 2.41. The SMILES string of the molecule is CS(=O)(=O)N1CCN(c2ccnc3c(O)c([N+](=O)[O-])cc(Cl)c23)CC1. The maximum Gasteiger partial charge on any atom is 0.314 e. The van der Waals surface area contributed by atoms with Crippen molar-refractivity contribution in [1.29, 1.82) is 0 Å². The topological polar surface area (TPSA) is 117 Å². The number of aromatic hydroxyl groups is 1. The molecular weight excluding hydrogens is 372 g/mol. The van der Waals surface area contributed by atoms with E-state index in [0.29, 0.717) is 37.3 Å². The number of pyridine rings is 1. The van der Waals surface area contributed by atoms with Gasteiger partial charge in [0.1, 0.15) is 5.52 Å². The van der Waals surface area contributed by atoms with Crippen molar-refractivity contribution in [3.8, 4) is 5.75 Å². The van der Waals surface area contributed by atoms with E-state index in [1.165, 1.54) is 16.8 Å². The highest BCUT2D eigenvalue weighted by atomic mass is 35.5. The molecule has 11 heteroatoms. The third-order valence-corrected chi connectivity index (χ3v) is 5.74. The van der Waals surface area contributed by atoms with Gasteiger partial charge >= 0.3 is 5.69 Å². The fraction of sp³-hybridized carbons (Fsp3) is 0.357. The second-order valence-corrected chi connectivity index (χ2v) is 8.08. The van der Waals surface area contributed by atoms with E-state index in [0.717, 1.165) is 6.07 Å². The molecule has 1 aromatic carbocycles. The summed E-state index contributed by atoms with van der Waals surface area (Å²) in [5.74, 6) is -0.541. The van der Waals surface area contributed by atoms with Gasteiger partial charge in [0.2, 0.25) is 15.8 Å². The van der Waals surface area contributed by atoms with Crippen LogP contribution in [0.5, 0.6) is 5.75 Å². The molecule has 1 aliphatic rings. The molecule has 0 atom stereocenters. The Morgan fingerprint density at radius 3 is 2.52 bits per heavy atom. The molecule has 0 aliphatic carbocycles. The van der Waals surface area contributed by atoms with Gasteiger partial charge < -0.3 is 10.0 Å². The lowest BCUT2D eigenvalue weighted by Gasteiger charge is -2.35. The molecule has 0 bridgehead atoms. The normalized spacial score (nSPS) is 16.3. The summed E-state index contributed by atoms with van der Waals surface area (Å²) in [6.07, 6.45) is 2.60. The van der Waals surface area contributed by atoms with Crippen molar-refractivity contribution in [1.82, 2.24) is 9.29 Å². The third-order valence-electron chi connectivity index (χ3n) is 4.14. The molecule has 1 aliphatic heterocycles. The number of nitrogens with zero attached hydrogens (tertiary/aromatic N) is 4. The number of nitro groups is 1. The molecule has 0 amide bonds. The highest BCUT2D eigenvalue weighted by Gasteiger charge is 2.27. The zero-order chi connectivity index (χ0) is 18.4. The number of halogens is 1. The molecule has 9 nitrogen and oxygen atoms in total. The Bertz CT molecular complexity index is 957. The Balaban J connectivity index is 2.04. The van der Waals surface area contributed by atoms with E-state index in [2.05, 4.69) is 4.98 Å². The zero-order valence-electron chi connectivity index (χ0n) is 13.2. The van der Waals surface area contributed by atoms with E-state index in [-0.39, 0.29) is 10.5 Å². The van der Waals surface area contributed by atoms with Gasteiger partial charge in [-0.2, -0.15) is 4.31 Å². The van der Waals surface area contributed by atoms with Gasteiger partial charge in [-0.05, 0) is 6.07 Å². The van der Waals surface area contributed by atoms with Crippen molar-refractivity contribution in [3.63, 3.8) is 0 Å². The van der Waals surface area contributed by atoms with Gasteiger partial charge in [0.25, 0.3) is 0 Å². The van der Waals surface area contributed by atoms with E-state index in [1.54, 1.807) is 6.07 Å². The minimum Gasteiger partial charge on any atom is -0.501 e. The molecule has 1 aromatic heterocycles. The second-order valence-electron chi connectivity index (χ2n) is 5.69. The maximum absolute atomic E-state index is 11.6. The van der Waals surface area contributed by atoms with Gasteiger partial charge in [-0.15, -0.1) is 0 Å². The summed E-state index contributed by atoms with van der Waals surface area (Å²) in [5.41, 5.74) is 0.180. The number of anilines is 1. The lowest BCUT2D eigenvalue weighted by Crippen LogP contribution is -2.48. The average molecular weight is 387 g/mol. The molecule has 1 N–H and O–H groups in total. The molecule has 2 heterocycles. The van der Waals surface area contributed by atoms with Crippen LogP contribution in [0.2, 0.25) is 5.02 Å². The number of phenolic OH excluding ortho intramolecular Hbond substituents is 1. The predicted octanol–water partition coefficient (Wildman–Crippen LogP) is 1.58. The minimum absolute atomic E-state index is 0.0437. The van der Waals surface area contributed by atoms with Crippen LogP contribution >= 0.6 is 11.6 Å². The van der Waals surface area contributed by atoms with Crippen LogP contribution in [0.25, 0.3) is 10.9 Å². The van der Waals surface area contributed by atoms with Gasteiger partial charge in [-0.25, -0.2) is 8.42 Å². The van der Waals surface area contributed by atoms with Crippen molar-refractivity contribution in [2.45, 2.75) is 0 Å². The van der Waals surface area contributed by atoms with Gasteiger partial charge in [-0.1, -0.05) is 11.6 Å². The van der Waals surface area contributed by atoms with Gasteiger partial charge in [0.15, 0.2) is 0 Å². The van der Waals surface area contributed by atoms with Crippen LogP contribution in [0, 0.1) is 10.1 Å². The Hall–Kier alpha value is -2.17. The number of piperazine rings is 1. The molecule has 0 saturated carbocycles. The number of hydrogen-bond donors (Lipinski definition) is 1. The Morgan fingerprint density at radius 1 is 1.32 bits per heavy atom. The number of rotatable bonds is 3. The smallest absolute Gasteiger partial charge is 0.314 e. The van der Waals surface area contributed by atoms with Gasteiger partial charge in [0.05, 0.1) is 16.2 Å². The first-order chi connectivity index (χ1) is 11.7. The highest BCUT2D eigenvalue weighted by molar-refractivity contribution is 7.88. The van der Waals surface area contributed by atoms with Gasteiger partial charge in [-0.3, -0.25) is 15.1 Å². The molecule has 0 radical (unpaired) electrons. The quantitative estimate of drug-likeness (QED) is 0.628. The van der Waals surface area contributed by atoms with Crippen molar-refractivity contribution in [2.24, 2.45) is 0 Å². The molecular formula is C14H15ClN4O5S. The second kappa shape index (κ2) is 6.28. The van der Waals surface area contributed by atoms with Crippen molar-refractivity contribution in [2.75, 3.05) is 37.3 Å². The fourth-order valence-corrected chi connectivity index (χ4v) is 4.03. The van der Waals surface area contributed by atoms with Crippen LogP contribution in [0.4, 0.5) is 11.4 Å². The number of hydrogen-bond acceptors (Lipinski definition) is 7. The van der Waals surface area contributed by atoms with Crippen LogP contribution in [0.3, 0.4) is 0 Å². The molecule has 0 spiro atoms. The molecule has 1 saturated heterocycles. The molecule has 134 valence electrons. The van der Waals surface area contributed by atoms with Crippen LogP contribution in [0.1, 0.15) is 0 Å². The van der Waals surface area contributed by atoms with Crippen molar-refractivity contribution >= 4 is 43.9 Å². The summed E-state index contributed by atoms with van der Waals surface area (Å²) in [7, 11) is -3.25. The lowest BCUT2D eigenvalue weighted by atomic mass is 10.1. The number of benzene rings is 1. The number of fused-ring (bicyclic) bond motifs is 1. The van der Waals surface area contributed by atoms with Crippen molar-refractivity contribution < 1.29 is 18.4 Å². The molecule has 25 heavy (non-hydrogen) atoms. The third kappa shape index (κ3) is 3.20. The predicted molar refractivity (Wildman–Crippen MR) is 93.7 cm³/mol. The average Bonchev–Trinajstić information content (AvgIpc) is 2.56. The fourth-order valence-electron chi connectivity index (χ4n) is 2.91. The van der Waals surface area contributed by atoms with Crippen LogP contribution in [-0.4, -0.2) is 60.2 Å². The van der Waals surface area contributed by atoms with Crippen LogP contribution in [0.15, 0.2) is 18.3 Å². The summed E-state index contributed by atoms with van der Waals surface area (Å²) < 4.78 is 24.6. The first-order valence-electron chi connectivity index (χ1n) is 7.35. The van der Waals surface area contributed by atoms with E-state index in [1.807, 2.05) is 4.90 Å². The van der Waals surface area contributed by atoms with Crippen LogP contribution in [-0.2, 0) is 10.0 Å². The Kier molecular flexibility index (Phi) is 4.43. The first kappa shape index (κ1) is 17.6. The van der Waals surface area contributed by atoms with Crippen molar-refractivity contribution in [3.05, 3.63) is 33.5 Å². The molecule has 3 rings (SSSR count). The van der Waals surface area contributed by atoms with E-state index in [9.17, 15) is 23.6 Å². The maximum atomic E-state index is 11.6.